The summed E-state index contributed by atoms with van der Waals surface area (Å²) in [5.41, 5.74) is 0.239. The summed E-state index contributed by atoms with van der Waals surface area (Å²) >= 11 is 5.82. The van der Waals surface area contributed by atoms with E-state index in [1.165, 1.54) is 12.4 Å². The van der Waals surface area contributed by atoms with Crippen LogP contribution in [0.5, 0.6) is 0 Å². The van der Waals surface area contributed by atoms with Crippen LogP contribution in [0.2, 0.25) is 5.15 Å². The summed E-state index contributed by atoms with van der Waals surface area (Å²) in [6, 6.07) is 6.74. The number of fused-ring (bicyclic) bond motifs is 1. The van der Waals surface area contributed by atoms with Crippen LogP contribution in [0.15, 0.2) is 48.9 Å². The molecule has 0 unspecified atom stereocenters. The number of rotatable bonds is 7. The summed E-state index contributed by atoms with van der Waals surface area (Å²) in [6.45, 7) is 1.65. The molecule has 4 aromatic rings. The van der Waals surface area contributed by atoms with Crippen LogP contribution in [0.4, 0.5) is 14.5 Å². The molecule has 0 saturated carbocycles. The van der Waals surface area contributed by atoms with Crippen LogP contribution in [0.3, 0.4) is 0 Å². The summed E-state index contributed by atoms with van der Waals surface area (Å²) in [5.74, 6) is -3.61. The van der Waals surface area contributed by atoms with E-state index >= 15 is 4.39 Å². The monoisotopic (exact) mass is 490 g/mol. The van der Waals surface area contributed by atoms with Crippen LogP contribution in [-0.2, 0) is 10.0 Å². The summed E-state index contributed by atoms with van der Waals surface area (Å²) in [7, 11) is -3.85. The first kappa shape index (κ1) is 22.8. The molecule has 0 aliphatic carbocycles. The molecule has 1 aromatic carbocycles. The fourth-order valence-corrected chi connectivity index (χ4v) is 4.60. The number of aromatic amines is 1. The maximum Gasteiger partial charge on any atom is 0.232 e. The molecule has 0 aliphatic heterocycles. The van der Waals surface area contributed by atoms with Crippen LogP contribution in [0.1, 0.15) is 29.3 Å². The molecule has 0 bridgehead atoms. The van der Waals surface area contributed by atoms with E-state index in [2.05, 4.69) is 19.7 Å². The topological polar surface area (TPSA) is 105 Å². The van der Waals surface area contributed by atoms with Crippen molar-refractivity contribution in [3.8, 4) is 11.1 Å². The molecule has 0 spiro atoms. The molecular weight excluding hydrogens is 474 g/mol. The number of sulfonamides is 1. The number of pyridine rings is 2. The lowest BCUT2D eigenvalue weighted by Crippen LogP contribution is -2.18. The second-order valence-corrected chi connectivity index (χ2v) is 9.46. The summed E-state index contributed by atoms with van der Waals surface area (Å²) in [4.78, 5) is 24.2. The van der Waals surface area contributed by atoms with Gasteiger partial charge in [0.1, 0.15) is 16.6 Å². The number of carbonyl (C=O) groups excluding carboxylic acids is 1. The molecule has 0 atom stereocenters. The molecule has 4 rings (SSSR count). The molecule has 0 amide bonds. The highest BCUT2D eigenvalue weighted by Crippen LogP contribution is 2.29. The van der Waals surface area contributed by atoms with Crippen molar-refractivity contribution in [2.75, 3.05) is 10.5 Å². The first-order chi connectivity index (χ1) is 15.7. The van der Waals surface area contributed by atoms with Crippen LogP contribution < -0.4 is 4.72 Å². The molecule has 33 heavy (non-hydrogen) atoms. The van der Waals surface area contributed by atoms with Gasteiger partial charge < -0.3 is 4.98 Å². The number of halogens is 3. The van der Waals surface area contributed by atoms with Crippen molar-refractivity contribution in [3.05, 3.63) is 76.8 Å². The van der Waals surface area contributed by atoms with Crippen LogP contribution >= 0.6 is 11.6 Å². The fraction of sp³-hybridized carbons (Fsp3) is 0.136. The number of benzene rings is 1. The van der Waals surface area contributed by atoms with Gasteiger partial charge in [0.2, 0.25) is 15.8 Å². The Kier molecular flexibility index (Phi) is 6.13. The Morgan fingerprint density at radius 2 is 1.88 bits per heavy atom. The number of hydrogen-bond acceptors (Lipinski definition) is 5. The normalized spacial score (nSPS) is 11.6. The molecule has 3 aromatic heterocycles. The predicted octanol–water partition coefficient (Wildman–Crippen LogP) is 4.94. The molecule has 7 nitrogen and oxygen atoms in total. The van der Waals surface area contributed by atoms with Gasteiger partial charge in [-0.1, -0.05) is 18.5 Å². The number of H-pyrrole nitrogens is 1. The van der Waals surface area contributed by atoms with Crippen LogP contribution in [-0.4, -0.2) is 34.9 Å². The summed E-state index contributed by atoms with van der Waals surface area (Å²) < 4.78 is 55.8. The summed E-state index contributed by atoms with van der Waals surface area (Å²) in [6.07, 6.45) is 4.70. The molecule has 3 heterocycles. The average molecular weight is 491 g/mol. The van der Waals surface area contributed by atoms with Gasteiger partial charge in [-0.2, -0.15) is 0 Å². The average Bonchev–Trinajstić information content (AvgIpc) is 3.19. The van der Waals surface area contributed by atoms with Crippen molar-refractivity contribution in [2.45, 2.75) is 13.3 Å². The maximum absolute atomic E-state index is 15.1. The lowest BCUT2D eigenvalue weighted by molar-refractivity contribution is 0.103. The van der Waals surface area contributed by atoms with E-state index in [4.69, 9.17) is 11.6 Å². The number of carbonyl (C=O) groups is 1. The number of anilines is 1. The highest BCUT2D eigenvalue weighted by atomic mass is 35.5. The van der Waals surface area contributed by atoms with Gasteiger partial charge in [-0.05, 0) is 36.8 Å². The first-order valence-electron chi connectivity index (χ1n) is 9.82. The van der Waals surface area contributed by atoms with Crippen LogP contribution in [0, 0.1) is 11.6 Å². The van der Waals surface area contributed by atoms with Gasteiger partial charge in [-0.3, -0.25) is 9.52 Å². The largest absolute Gasteiger partial charge is 0.345 e. The lowest BCUT2D eigenvalue weighted by atomic mass is 10.00. The molecule has 2 N–H and O–H groups in total. The van der Waals surface area contributed by atoms with E-state index in [0.29, 0.717) is 33.7 Å². The zero-order valence-electron chi connectivity index (χ0n) is 17.2. The molecular formula is C22H17ClF2N4O3S. The van der Waals surface area contributed by atoms with Gasteiger partial charge >= 0.3 is 0 Å². The lowest BCUT2D eigenvalue weighted by Gasteiger charge is -2.11. The minimum Gasteiger partial charge on any atom is -0.345 e. The van der Waals surface area contributed by atoms with Crippen molar-refractivity contribution < 1.29 is 22.0 Å². The predicted molar refractivity (Wildman–Crippen MR) is 122 cm³/mol. The van der Waals surface area contributed by atoms with Gasteiger partial charge in [0, 0.05) is 40.7 Å². The molecule has 0 radical (unpaired) electrons. The minimum atomic E-state index is -3.85. The quantitative estimate of drug-likeness (QED) is 0.282. The maximum atomic E-state index is 15.1. The smallest absolute Gasteiger partial charge is 0.232 e. The van der Waals surface area contributed by atoms with Crippen molar-refractivity contribution >= 4 is 44.1 Å². The third kappa shape index (κ3) is 4.57. The Bertz CT molecular complexity index is 1470. The minimum absolute atomic E-state index is 0.0207. The Hall–Kier alpha value is -3.37. The second kappa shape index (κ2) is 8.87. The molecule has 0 aliphatic rings. The number of aromatic nitrogens is 3. The zero-order chi connectivity index (χ0) is 23.8. The zero-order valence-corrected chi connectivity index (χ0v) is 18.8. The van der Waals surface area contributed by atoms with E-state index in [9.17, 15) is 17.6 Å². The number of nitrogens with zero attached hydrogens (tertiary/aromatic N) is 2. The molecule has 0 saturated heterocycles. The van der Waals surface area contributed by atoms with Crippen molar-refractivity contribution in [3.63, 3.8) is 0 Å². The Labute approximate surface area is 192 Å². The summed E-state index contributed by atoms with van der Waals surface area (Å²) in [5, 5.41) is 0.647. The van der Waals surface area contributed by atoms with Crippen molar-refractivity contribution in [1.29, 1.82) is 0 Å². The van der Waals surface area contributed by atoms with Crippen molar-refractivity contribution in [1.82, 2.24) is 15.0 Å². The van der Waals surface area contributed by atoms with E-state index < -0.39 is 38.7 Å². The van der Waals surface area contributed by atoms with E-state index in [1.54, 1.807) is 31.3 Å². The Morgan fingerprint density at radius 3 is 2.58 bits per heavy atom. The van der Waals surface area contributed by atoms with E-state index in [0.717, 1.165) is 12.1 Å². The SMILES string of the molecule is CCCS(=O)(=O)Nc1ccc(F)c(C(=O)c2c[nH]c3ncc(-c4ccc(Cl)nc4)cc23)c1F. The van der Waals surface area contributed by atoms with Gasteiger partial charge in [0.15, 0.2) is 5.82 Å². The molecule has 170 valence electrons. The highest BCUT2D eigenvalue weighted by Gasteiger charge is 2.26. The van der Waals surface area contributed by atoms with E-state index in [1.807, 2.05) is 0 Å². The fourth-order valence-electron chi connectivity index (χ4n) is 3.36. The third-order valence-electron chi connectivity index (χ3n) is 4.89. The second-order valence-electron chi connectivity index (χ2n) is 7.23. The number of ketones is 1. The van der Waals surface area contributed by atoms with Gasteiger partial charge in [0.05, 0.1) is 17.0 Å². The Morgan fingerprint density at radius 1 is 1.12 bits per heavy atom. The Balaban J connectivity index is 1.78. The van der Waals surface area contributed by atoms with E-state index in [-0.39, 0.29) is 11.3 Å². The highest BCUT2D eigenvalue weighted by molar-refractivity contribution is 7.92. The van der Waals surface area contributed by atoms with Gasteiger partial charge in [-0.15, -0.1) is 0 Å². The third-order valence-corrected chi connectivity index (χ3v) is 6.59. The van der Waals surface area contributed by atoms with Gasteiger partial charge in [-0.25, -0.2) is 27.2 Å². The molecule has 11 heteroatoms. The first-order valence-corrected chi connectivity index (χ1v) is 11.9. The number of hydrogen-bond donors (Lipinski definition) is 2. The molecule has 0 fully saturated rings. The van der Waals surface area contributed by atoms with Gasteiger partial charge in [0.25, 0.3) is 0 Å². The van der Waals surface area contributed by atoms with Crippen molar-refractivity contribution in [2.24, 2.45) is 0 Å². The standard InChI is InChI=1S/C22H17ClF2N4O3S/c1-2-7-33(31,32)29-17-5-4-16(24)19(20(17)25)21(30)15-11-28-22-14(15)8-13(10-27-22)12-3-6-18(23)26-9-12/h3-6,8-11,29H,2,7H2,1H3,(H,27,28). The number of nitrogens with one attached hydrogen (secondary N) is 2. The van der Waals surface area contributed by atoms with Crippen LogP contribution in [0.25, 0.3) is 22.2 Å².